The zero-order valence-corrected chi connectivity index (χ0v) is 27.2. The molecule has 0 radical (unpaired) electrons. The molecular weight excluding hydrogens is 613 g/mol. The maximum absolute atomic E-state index is 13.8. The van der Waals surface area contributed by atoms with E-state index in [2.05, 4.69) is 20.1 Å². The molecule has 0 aliphatic carbocycles. The number of para-hydroxylation sites is 2. The molecule has 2 saturated heterocycles. The number of nitriles is 1. The average molecular weight is 655 g/mol. The molecule has 252 valence electrons. The van der Waals surface area contributed by atoms with E-state index in [1.54, 1.807) is 24.1 Å². The van der Waals surface area contributed by atoms with Crippen LogP contribution in [0.1, 0.15) is 23.2 Å². The summed E-state index contributed by atoms with van der Waals surface area (Å²) in [4.78, 5) is 40.2. The summed E-state index contributed by atoms with van der Waals surface area (Å²) in [6, 6.07) is 9.10. The zero-order chi connectivity index (χ0) is 33.9. The Bertz CT molecular complexity index is 1550. The van der Waals surface area contributed by atoms with Gasteiger partial charge in [0.2, 0.25) is 11.8 Å². The van der Waals surface area contributed by atoms with E-state index in [1.165, 1.54) is 11.8 Å². The summed E-state index contributed by atoms with van der Waals surface area (Å²) in [5.74, 6) is -0.616. The third kappa shape index (κ3) is 7.69. The Balaban J connectivity index is 1.28. The second kappa shape index (κ2) is 13.9. The minimum Gasteiger partial charge on any atom is -0.369 e. The number of aryl methyl sites for hydroxylation is 1. The predicted octanol–water partition coefficient (Wildman–Crippen LogP) is 2.97. The zero-order valence-electron chi connectivity index (χ0n) is 27.2. The number of rotatable bonds is 8. The van der Waals surface area contributed by atoms with Crippen molar-refractivity contribution in [1.82, 2.24) is 19.7 Å². The number of likely N-dealkylation sites (N-methyl/N-ethyl adjacent to an activating group) is 2. The van der Waals surface area contributed by atoms with Crippen molar-refractivity contribution in [1.29, 1.82) is 5.26 Å². The Morgan fingerprint density at radius 3 is 2.60 bits per heavy atom. The lowest BCUT2D eigenvalue weighted by Gasteiger charge is -2.53. The van der Waals surface area contributed by atoms with Gasteiger partial charge in [0, 0.05) is 58.1 Å². The minimum atomic E-state index is -4.75. The molecule has 14 heteroatoms. The van der Waals surface area contributed by atoms with Crippen molar-refractivity contribution in [2.24, 2.45) is 0 Å². The molecule has 1 spiro atoms. The van der Waals surface area contributed by atoms with E-state index in [9.17, 15) is 28.0 Å². The summed E-state index contributed by atoms with van der Waals surface area (Å²) >= 11 is 0. The molecule has 11 nitrogen and oxygen atoms in total. The highest BCUT2D eigenvalue weighted by Gasteiger charge is 2.48. The van der Waals surface area contributed by atoms with Crippen LogP contribution >= 0.6 is 0 Å². The van der Waals surface area contributed by atoms with Gasteiger partial charge >= 0.3 is 6.18 Å². The predicted molar refractivity (Wildman–Crippen MR) is 172 cm³/mol. The lowest BCUT2D eigenvalue weighted by atomic mass is 9.91. The smallest absolute Gasteiger partial charge is 0.369 e. The number of hydrogen-bond acceptors (Lipinski definition) is 9. The van der Waals surface area contributed by atoms with Gasteiger partial charge in [0.15, 0.2) is 0 Å². The van der Waals surface area contributed by atoms with E-state index in [1.807, 2.05) is 49.3 Å². The summed E-state index contributed by atoms with van der Waals surface area (Å²) in [6.07, 6.45) is -1.01. The first kappa shape index (κ1) is 34.2. The van der Waals surface area contributed by atoms with Crippen LogP contribution in [0.5, 0.6) is 0 Å². The molecule has 1 atom stereocenters. The maximum Gasteiger partial charge on any atom is 0.417 e. The fourth-order valence-electron chi connectivity index (χ4n) is 6.38. The molecule has 3 aliphatic rings. The van der Waals surface area contributed by atoms with Gasteiger partial charge in [0.1, 0.15) is 29.1 Å². The second-order valence-corrected chi connectivity index (χ2v) is 12.7. The van der Waals surface area contributed by atoms with Crippen LogP contribution in [0.25, 0.3) is 0 Å². The highest BCUT2D eigenvalue weighted by atomic mass is 19.4. The van der Waals surface area contributed by atoms with Crippen molar-refractivity contribution in [2.45, 2.75) is 31.2 Å². The average Bonchev–Trinajstić information content (AvgIpc) is 3.01. The first-order valence-electron chi connectivity index (χ1n) is 15.6. The van der Waals surface area contributed by atoms with E-state index < -0.39 is 28.9 Å². The number of amides is 2. The lowest BCUT2D eigenvalue weighted by Crippen LogP contribution is -2.71. The molecule has 0 unspecified atom stereocenters. The van der Waals surface area contributed by atoms with Gasteiger partial charge in [0.25, 0.3) is 0 Å². The van der Waals surface area contributed by atoms with E-state index in [4.69, 9.17) is 4.74 Å². The number of pyridine rings is 1. The van der Waals surface area contributed by atoms with Crippen molar-refractivity contribution in [3.8, 4) is 6.07 Å². The number of benzene rings is 1. The number of alkyl halides is 3. The summed E-state index contributed by atoms with van der Waals surface area (Å²) in [5.41, 5.74) is -0.489. The van der Waals surface area contributed by atoms with Gasteiger partial charge in [-0.3, -0.25) is 14.5 Å². The Morgan fingerprint density at radius 2 is 1.91 bits per heavy atom. The number of carbonyl (C=O) groups excluding carboxylic acids is 2. The van der Waals surface area contributed by atoms with Crippen molar-refractivity contribution < 1.29 is 27.5 Å². The first-order chi connectivity index (χ1) is 22.3. The lowest BCUT2D eigenvalue weighted by molar-refractivity contribution is -0.188. The van der Waals surface area contributed by atoms with Crippen LogP contribution in [0, 0.1) is 18.3 Å². The fraction of sp³-hybridized carbons (Fsp3) is 0.515. The topological polar surface area (TPSA) is 108 Å². The van der Waals surface area contributed by atoms with Gasteiger partial charge in [0.05, 0.1) is 36.6 Å². The number of nitrogens with zero attached hydrogens (tertiary/aromatic N) is 7. The molecular formula is C33H41F3N8O3. The van der Waals surface area contributed by atoms with Crippen LogP contribution in [0.3, 0.4) is 0 Å². The number of likely N-dealkylation sites (tertiary alicyclic amines) is 1. The molecule has 4 heterocycles. The van der Waals surface area contributed by atoms with Crippen LogP contribution in [0.15, 0.2) is 42.5 Å². The van der Waals surface area contributed by atoms with Crippen LogP contribution in [0.2, 0.25) is 0 Å². The van der Waals surface area contributed by atoms with Crippen LogP contribution in [-0.4, -0.2) is 123 Å². The number of carbonyl (C=O) groups is 2. The van der Waals surface area contributed by atoms with Gasteiger partial charge in [-0.05, 0) is 45.6 Å². The molecule has 1 N–H and O–H groups in total. The molecule has 2 aromatic rings. The number of aromatic nitrogens is 1. The Kier molecular flexibility index (Phi) is 10.1. The van der Waals surface area contributed by atoms with Gasteiger partial charge in [-0.2, -0.15) is 18.4 Å². The van der Waals surface area contributed by atoms with Crippen molar-refractivity contribution in [3.63, 3.8) is 0 Å². The number of nitrogens with one attached hydrogen (secondary N) is 1. The molecule has 5 rings (SSSR count). The third-order valence-electron chi connectivity index (χ3n) is 8.79. The van der Waals surface area contributed by atoms with Gasteiger partial charge < -0.3 is 29.7 Å². The summed E-state index contributed by atoms with van der Waals surface area (Å²) in [6.45, 7) is 6.95. The molecule has 2 fully saturated rings. The maximum atomic E-state index is 13.8. The fourth-order valence-corrected chi connectivity index (χ4v) is 6.38. The van der Waals surface area contributed by atoms with Crippen LogP contribution in [0.4, 0.5) is 30.4 Å². The number of fused-ring (bicyclic) bond motifs is 1. The van der Waals surface area contributed by atoms with Crippen molar-refractivity contribution >= 4 is 29.0 Å². The number of anilines is 3. The minimum absolute atomic E-state index is 0.0188. The normalized spacial score (nSPS) is 20.2. The summed E-state index contributed by atoms with van der Waals surface area (Å²) in [7, 11) is 5.53. The number of morpholine rings is 1. The number of halogens is 3. The molecule has 47 heavy (non-hydrogen) atoms. The first-order valence-corrected chi connectivity index (χ1v) is 15.6. The second-order valence-electron chi connectivity index (χ2n) is 12.7. The Labute approximate surface area is 273 Å². The largest absolute Gasteiger partial charge is 0.417 e. The van der Waals surface area contributed by atoms with Gasteiger partial charge in [-0.1, -0.05) is 18.2 Å². The SMILES string of the molecule is Cc1cc(C(F)(F)F)c(C#N)c(N[C@H]2CCN(CCN3CCOC4(C3)CN(C(=O)/C=C/CN(C)C)C4)c3ccccc3N(C)C2=O)n1. The third-order valence-corrected chi connectivity index (χ3v) is 8.79. The highest BCUT2D eigenvalue weighted by molar-refractivity contribution is 6.01. The Morgan fingerprint density at radius 1 is 1.19 bits per heavy atom. The van der Waals surface area contributed by atoms with Crippen LogP contribution in [-0.2, 0) is 20.5 Å². The monoisotopic (exact) mass is 654 g/mol. The number of ether oxygens (including phenoxy) is 1. The molecule has 0 saturated carbocycles. The molecule has 1 aromatic carbocycles. The molecule has 2 amide bonds. The summed E-state index contributed by atoms with van der Waals surface area (Å²) in [5, 5.41) is 12.5. The van der Waals surface area contributed by atoms with Crippen molar-refractivity contribution in [2.75, 3.05) is 95.2 Å². The highest BCUT2D eigenvalue weighted by Crippen LogP contribution is 2.36. The van der Waals surface area contributed by atoms with E-state index in [0.29, 0.717) is 58.1 Å². The van der Waals surface area contributed by atoms with E-state index >= 15 is 0 Å². The van der Waals surface area contributed by atoms with Crippen molar-refractivity contribution in [3.05, 3.63) is 59.3 Å². The van der Waals surface area contributed by atoms with Crippen LogP contribution < -0.4 is 15.1 Å². The number of hydrogen-bond donors (Lipinski definition) is 1. The van der Waals surface area contributed by atoms with E-state index in [0.717, 1.165) is 18.3 Å². The van der Waals surface area contributed by atoms with Gasteiger partial charge in [-0.25, -0.2) is 4.98 Å². The molecule has 1 aromatic heterocycles. The molecule has 3 aliphatic heterocycles. The van der Waals surface area contributed by atoms with Gasteiger partial charge in [-0.15, -0.1) is 0 Å². The van der Waals surface area contributed by atoms with E-state index in [-0.39, 0.29) is 29.7 Å². The molecule has 0 bridgehead atoms. The quantitative estimate of drug-likeness (QED) is 0.430. The summed E-state index contributed by atoms with van der Waals surface area (Å²) < 4.78 is 47.4. The Hall–Kier alpha value is -4.19. The standard InChI is InChI=1S/C33H41F3N8O3/c1-23-18-25(33(34,35)36)24(19-37)30(38-23)39-26-11-13-43(28-9-6-5-8-27(28)41(4)31(26)46)15-14-42-16-17-47-32(20-42)21-44(22-32)29(45)10-7-12-40(2)3/h5-10,18,26H,11-17,20-22H2,1-4H3,(H,38,39)/b10-7+/t26-/m0/s1.